The van der Waals surface area contributed by atoms with Crippen molar-refractivity contribution >= 4 is 34.0 Å². The van der Waals surface area contributed by atoms with E-state index in [0.717, 1.165) is 40.4 Å². The second-order valence-corrected chi connectivity index (χ2v) is 16.7. The minimum Gasteiger partial charge on any atom is -0.415 e. The standard InChI is InChI=1S/C40H32N4O2S3/c1-39(2,3)27-11-7-25(8-12-27)35-41-43-37(45-35)33-23-21-31(48-33)19-17-29-15-16-30(47-29)18-20-32-22-24-34(49-32)38-44-42-36(46-38)26-9-13-28(14-10-26)40(4,5)6/h7-16,21-24H,1-6H3. The molecule has 49 heavy (non-hydrogen) atoms. The second kappa shape index (κ2) is 13.1. The van der Waals surface area contributed by atoms with E-state index >= 15 is 0 Å². The normalized spacial score (nSPS) is 11.6. The molecule has 0 saturated heterocycles. The first-order valence-electron chi connectivity index (χ1n) is 15.7. The lowest BCUT2D eigenvalue weighted by molar-refractivity contribution is 0.583. The van der Waals surface area contributed by atoms with E-state index in [9.17, 15) is 0 Å². The molecule has 242 valence electrons. The maximum atomic E-state index is 6.00. The number of aromatic nitrogens is 4. The predicted octanol–water partition coefficient (Wildman–Crippen LogP) is 10.7. The van der Waals surface area contributed by atoms with Crippen molar-refractivity contribution in [3.63, 3.8) is 0 Å². The average Bonchev–Trinajstić information content (AvgIpc) is 3.92. The molecule has 0 aliphatic rings. The molecular formula is C40H32N4O2S3. The smallest absolute Gasteiger partial charge is 0.258 e. The molecule has 7 rings (SSSR count). The van der Waals surface area contributed by atoms with Gasteiger partial charge in [-0.25, -0.2) is 0 Å². The van der Waals surface area contributed by atoms with Crippen LogP contribution in [-0.4, -0.2) is 20.4 Å². The summed E-state index contributed by atoms with van der Waals surface area (Å²) in [5.41, 5.74) is 4.49. The predicted molar refractivity (Wildman–Crippen MR) is 200 cm³/mol. The fourth-order valence-corrected chi connectivity index (χ4v) is 7.14. The van der Waals surface area contributed by atoms with Gasteiger partial charge in [0.15, 0.2) is 0 Å². The van der Waals surface area contributed by atoms with E-state index in [0.29, 0.717) is 23.6 Å². The van der Waals surface area contributed by atoms with Gasteiger partial charge in [-0.2, -0.15) is 0 Å². The van der Waals surface area contributed by atoms with Gasteiger partial charge < -0.3 is 8.83 Å². The van der Waals surface area contributed by atoms with Crippen molar-refractivity contribution in [2.24, 2.45) is 0 Å². The lowest BCUT2D eigenvalue weighted by Gasteiger charge is -2.18. The highest BCUT2D eigenvalue weighted by Crippen LogP contribution is 2.32. The van der Waals surface area contributed by atoms with Crippen molar-refractivity contribution in [2.45, 2.75) is 52.4 Å². The summed E-state index contributed by atoms with van der Waals surface area (Å²) in [4.78, 5) is 5.49. The summed E-state index contributed by atoms with van der Waals surface area (Å²) in [5, 5.41) is 17.1. The molecule has 0 fully saturated rings. The van der Waals surface area contributed by atoms with Crippen LogP contribution in [0.5, 0.6) is 0 Å². The SMILES string of the molecule is CC(C)(C)c1ccc(-c2nnc(-c3ccc(C#Cc4ccc(C#Cc5ccc(-c6nnc(-c7ccc(C(C)(C)C)cc7)o6)s5)s4)s3)o2)cc1. The van der Waals surface area contributed by atoms with Crippen molar-refractivity contribution in [1.29, 1.82) is 0 Å². The number of rotatable bonds is 4. The monoisotopic (exact) mass is 696 g/mol. The minimum atomic E-state index is 0.0869. The molecule has 0 N–H and O–H groups in total. The third-order valence-electron chi connectivity index (χ3n) is 7.70. The zero-order valence-corrected chi connectivity index (χ0v) is 30.4. The summed E-state index contributed by atoms with van der Waals surface area (Å²) < 4.78 is 12.0. The molecule has 0 spiro atoms. The molecule has 0 amide bonds. The minimum absolute atomic E-state index is 0.0869. The Morgan fingerprint density at radius 3 is 1.10 bits per heavy atom. The topological polar surface area (TPSA) is 77.8 Å². The van der Waals surface area contributed by atoms with Gasteiger partial charge in [0.05, 0.1) is 29.3 Å². The maximum absolute atomic E-state index is 6.00. The van der Waals surface area contributed by atoms with Crippen LogP contribution in [0.25, 0.3) is 44.4 Å². The molecule has 0 bridgehead atoms. The van der Waals surface area contributed by atoms with Crippen LogP contribution in [0.3, 0.4) is 0 Å². The van der Waals surface area contributed by atoms with Gasteiger partial charge in [0.1, 0.15) is 0 Å². The largest absolute Gasteiger partial charge is 0.415 e. The van der Waals surface area contributed by atoms with E-state index in [1.807, 2.05) is 60.7 Å². The van der Waals surface area contributed by atoms with E-state index in [4.69, 9.17) is 8.83 Å². The first-order valence-corrected chi connectivity index (χ1v) is 18.2. The van der Waals surface area contributed by atoms with Gasteiger partial charge in [0.2, 0.25) is 11.8 Å². The van der Waals surface area contributed by atoms with Crippen molar-refractivity contribution in [3.05, 3.63) is 116 Å². The van der Waals surface area contributed by atoms with Crippen molar-refractivity contribution in [2.75, 3.05) is 0 Å². The number of thiophene rings is 3. The number of nitrogens with zero attached hydrogens (tertiary/aromatic N) is 4. The van der Waals surface area contributed by atoms with Crippen molar-refractivity contribution in [3.8, 4) is 68.1 Å². The van der Waals surface area contributed by atoms with Crippen LogP contribution in [-0.2, 0) is 10.8 Å². The fourth-order valence-electron chi connectivity index (χ4n) is 4.86. The lowest BCUT2D eigenvalue weighted by atomic mass is 9.87. The summed E-state index contributed by atoms with van der Waals surface area (Å²) >= 11 is 4.62. The molecule has 0 atom stereocenters. The van der Waals surface area contributed by atoms with Crippen LogP contribution >= 0.6 is 34.0 Å². The van der Waals surface area contributed by atoms with Crippen LogP contribution in [0.2, 0.25) is 0 Å². The van der Waals surface area contributed by atoms with E-state index in [1.54, 1.807) is 11.3 Å². The second-order valence-electron chi connectivity index (χ2n) is 13.5. The Balaban J connectivity index is 0.982. The van der Waals surface area contributed by atoms with Gasteiger partial charge in [0, 0.05) is 11.1 Å². The van der Waals surface area contributed by atoms with Gasteiger partial charge in [-0.15, -0.1) is 54.4 Å². The van der Waals surface area contributed by atoms with Crippen LogP contribution in [0.4, 0.5) is 0 Å². The molecule has 0 radical (unpaired) electrons. The number of hydrogen-bond acceptors (Lipinski definition) is 9. The Bertz CT molecular complexity index is 2200. The van der Waals surface area contributed by atoms with Gasteiger partial charge >= 0.3 is 0 Å². The zero-order chi connectivity index (χ0) is 34.2. The molecule has 0 aliphatic carbocycles. The Morgan fingerprint density at radius 2 is 0.735 bits per heavy atom. The van der Waals surface area contributed by atoms with Crippen molar-refractivity contribution < 1.29 is 8.83 Å². The molecule has 6 nitrogen and oxygen atoms in total. The van der Waals surface area contributed by atoms with E-state index < -0.39 is 0 Å². The molecule has 5 heterocycles. The van der Waals surface area contributed by atoms with Crippen LogP contribution < -0.4 is 0 Å². The maximum Gasteiger partial charge on any atom is 0.258 e. The highest BCUT2D eigenvalue weighted by atomic mass is 32.1. The van der Waals surface area contributed by atoms with Crippen LogP contribution in [0.15, 0.2) is 93.8 Å². The first-order chi connectivity index (χ1) is 23.5. The Morgan fingerprint density at radius 1 is 0.408 bits per heavy atom. The Labute approximate surface area is 297 Å². The van der Waals surface area contributed by atoms with E-state index in [-0.39, 0.29) is 10.8 Å². The van der Waals surface area contributed by atoms with E-state index in [1.165, 1.54) is 33.8 Å². The van der Waals surface area contributed by atoms with Crippen LogP contribution in [0.1, 0.15) is 72.2 Å². The summed E-state index contributed by atoms with van der Waals surface area (Å²) in [6, 6.07) is 28.4. The van der Waals surface area contributed by atoms with Crippen molar-refractivity contribution in [1.82, 2.24) is 20.4 Å². The zero-order valence-electron chi connectivity index (χ0n) is 27.9. The molecule has 2 aromatic carbocycles. The summed E-state index contributed by atoms with van der Waals surface area (Å²) in [5.74, 6) is 15.0. The summed E-state index contributed by atoms with van der Waals surface area (Å²) in [6.07, 6.45) is 0. The fraction of sp³-hybridized carbons (Fsp3) is 0.200. The summed E-state index contributed by atoms with van der Waals surface area (Å²) in [7, 11) is 0. The van der Waals surface area contributed by atoms with Gasteiger partial charge in [-0.1, -0.05) is 65.8 Å². The first kappa shape index (κ1) is 32.5. The molecule has 5 aromatic heterocycles. The highest BCUT2D eigenvalue weighted by Gasteiger charge is 2.17. The molecular weight excluding hydrogens is 665 g/mol. The lowest BCUT2D eigenvalue weighted by Crippen LogP contribution is -2.10. The van der Waals surface area contributed by atoms with Crippen LogP contribution in [0, 0.1) is 23.7 Å². The number of hydrogen-bond donors (Lipinski definition) is 0. The Hall–Kier alpha value is -5.06. The molecule has 0 unspecified atom stereocenters. The molecule has 7 aromatic rings. The molecule has 9 heteroatoms. The van der Waals surface area contributed by atoms with Gasteiger partial charge in [-0.3, -0.25) is 0 Å². The number of benzene rings is 2. The Kier molecular flexibility index (Phi) is 8.68. The molecule has 0 saturated carbocycles. The average molecular weight is 697 g/mol. The molecule has 0 aliphatic heterocycles. The third-order valence-corrected chi connectivity index (χ3v) is 10.6. The van der Waals surface area contributed by atoms with Gasteiger partial charge in [0.25, 0.3) is 11.8 Å². The van der Waals surface area contributed by atoms with Gasteiger partial charge in [-0.05, 0) is 106 Å². The highest BCUT2D eigenvalue weighted by molar-refractivity contribution is 7.16. The quantitative estimate of drug-likeness (QED) is 0.171. The third kappa shape index (κ3) is 7.50. The van der Waals surface area contributed by atoms with E-state index in [2.05, 4.69) is 110 Å². The summed E-state index contributed by atoms with van der Waals surface area (Å²) in [6.45, 7) is 13.2.